The molecule has 0 spiro atoms. The second kappa shape index (κ2) is 3.92. The van der Waals surface area contributed by atoms with Gasteiger partial charge in [-0.05, 0) is 24.1 Å². The van der Waals surface area contributed by atoms with E-state index < -0.39 is 11.7 Å². The highest BCUT2D eigenvalue weighted by Gasteiger charge is 2.28. The molecule has 4 nitrogen and oxygen atoms in total. The van der Waals surface area contributed by atoms with Crippen LogP contribution in [0.25, 0.3) is 0 Å². The smallest absolute Gasteiger partial charge is 0.234 e. The van der Waals surface area contributed by atoms with Crippen LogP contribution in [0.15, 0.2) is 18.2 Å². The molecule has 2 rings (SSSR count). The van der Waals surface area contributed by atoms with Gasteiger partial charge in [0, 0.05) is 6.42 Å². The molecule has 16 heavy (non-hydrogen) atoms. The topological polar surface area (TPSA) is 72.2 Å². The molecule has 0 bridgehead atoms. The van der Waals surface area contributed by atoms with E-state index >= 15 is 0 Å². The van der Waals surface area contributed by atoms with Crippen molar-refractivity contribution >= 4 is 17.5 Å². The lowest BCUT2D eigenvalue weighted by molar-refractivity contribution is -0.134. The Labute approximate surface area is 91.6 Å². The molecule has 0 saturated carbocycles. The molecule has 2 amide bonds. The molecule has 84 valence electrons. The predicted molar refractivity (Wildman–Crippen MR) is 55.9 cm³/mol. The van der Waals surface area contributed by atoms with Crippen molar-refractivity contribution in [1.29, 1.82) is 0 Å². The number of carbonyl (C=O) groups is 2. The van der Waals surface area contributed by atoms with Gasteiger partial charge >= 0.3 is 0 Å². The minimum Gasteiger partial charge on any atom is -0.396 e. The zero-order chi connectivity index (χ0) is 11.7. The summed E-state index contributed by atoms with van der Waals surface area (Å²) < 4.78 is 12.9. The number of benzene rings is 1. The second-order valence-electron chi connectivity index (χ2n) is 3.78. The first kappa shape index (κ1) is 10.6. The number of amides is 2. The Morgan fingerprint density at radius 3 is 2.75 bits per heavy atom. The van der Waals surface area contributed by atoms with Crippen LogP contribution in [-0.2, 0) is 9.59 Å². The van der Waals surface area contributed by atoms with Gasteiger partial charge in [-0.15, -0.1) is 0 Å². The fourth-order valence-corrected chi connectivity index (χ4v) is 1.79. The number of carbonyl (C=O) groups excluding carboxylic acids is 2. The lowest BCUT2D eigenvalue weighted by atomic mass is 9.90. The summed E-state index contributed by atoms with van der Waals surface area (Å²) in [5.74, 6) is -1.53. The van der Waals surface area contributed by atoms with Gasteiger partial charge in [-0.1, -0.05) is 6.07 Å². The van der Waals surface area contributed by atoms with E-state index in [2.05, 4.69) is 5.32 Å². The van der Waals surface area contributed by atoms with Crippen molar-refractivity contribution in [2.24, 2.45) is 0 Å². The zero-order valence-corrected chi connectivity index (χ0v) is 8.50. The molecule has 1 unspecified atom stereocenters. The monoisotopic (exact) mass is 222 g/mol. The third kappa shape index (κ3) is 1.88. The van der Waals surface area contributed by atoms with Crippen molar-refractivity contribution in [2.75, 3.05) is 5.73 Å². The largest absolute Gasteiger partial charge is 0.396 e. The molecule has 0 aliphatic carbocycles. The third-order valence-electron chi connectivity index (χ3n) is 2.66. The molecule has 5 heteroatoms. The number of imide groups is 1. The molecule has 1 saturated heterocycles. The number of rotatable bonds is 1. The first-order valence-electron chi connectivity index (χ1n) is 4.96. The summed E-state index contributed by atoms with van der Waals surface area (Å²) in [5, 5.41) is 2.25. The standard InChI is InChI=1S/C11H11FN2O2/c12-8-3-1-6(5-9(8)13)7-2-4-10(15)14-11(7)16/h1,3,5,7H,2,4,13H2,(H,14,15,16). The van der Waals surface area contributed by atoms with Crippen LogP contribution in [-0.4, -0.2) is 11.8 Å². The SMILES string of the molecule is Nc1cc(C2CCC(=O)NC2=O)ccc1F. The first-order valence-corrected chi connectivity index (χ1v) is 4.96. The van der Waals surface area contributed by atoms with E-state index in [-0.39, 0.29) is 17.5 Å². The fourth-order valence-electron chi connectivity index (χ4n) is 1.79. The van der Waals surface area contributed by atoms with Crippen LogP contribution < -0.4 is 11.1 Å². The van der Waals surface area contributed by atoms with Crippen LogP contribution >= 0.6 is 0 Å². The predicted octanol–water partition coefficient (Wildman–Crippen LogP) is 0.928. The van der Waals surface area contributed by atoms with E-state index in [0.29, 0.717) is 18.4 Å². The molecule has 1 aliphatic heterocycles. The van der Waals surface area contributed by atoms with Crippen molar-refractivity contribution < 1.29 is 14.0 Å². The van der Waals surface area contributed by atoms with E-state index in [1.54, 1.807) is 0 Å². The molecule has 1 atom stereocenters. The number of nitrogens with one attached hydrogen (secondary N) is 1. The van der Waals surface area contributed by atoms with Gasteiger partial charge in [0.1, 0.15) is 5.82 Å². The Hall–Kier alpha value is -1.91. The number of hydrogen-bond donors (Lipinski definition) is 2. The third-order valence-corrected chi connectivity index (χ3v) is 2.66. The molecule has 0 radical (unpaired) electrons. The number of anilines is 1. The molecule has 1 aromatic rings. The molecule has 3 N–H and O–H groups in total. The quantitative estimate of drug-likeness (QED) is 0.548. The Kier molecular flexibility index (Phi) is 2.60. The summed E-state index contributed by atoms with van der Waals surface area (Å²) in [6, 6.07) is 4.19. The van der Waals surface area contributed by atoms with Gasteiger partial charge in [-0.2, -0.15) is 0 Å². The summed E-state index contributed by atoms with van der Waals surface area (Å²) in [6.45, 7) is 0. The van der Waals surface area contributed by atoms with Crippen LogP contribution in [0.2, 0.25) is 0 Å². The van der Waals surface area contributed by atoms with Crippen LogP contribution in [0, 0.1) is 5.82 Å². The van der Waals surface area contributed by atoms with Crippen LogP contribution in [0.5, 0.6) is 0 Å². The average molecular weight is 222 g/mol. The first-order chi connectivity index (χ1) is 7.58. The van der Waals surface area contributed by atoms with Crippen molar-refractivity contribution in [3.05, 3.63) is 29.6 Å². The molecule has 0 aromatic heterocycles. The number of hydrogen-bond acceptors (Lipinski definition) is 3. The minimum atomic E-state index is -0.504. The Morgan fingerprint density at radius 2 is 2.12 bits per heavy atom. The van der Waals surface area contributed by atoms with Gasteiger partial charge in [-0.25, -0.2) is 4.39 Å². The molecule has 1 aliphatic rings. The maximum Gasteiger partial charge on any atom is 0.234 e. The molecule has 1 heterocycles. The van der Waals surface area contributed by atoms with Crippen LogP contribution in [0.4, 0.5) is 10.1 Å². The second-order valence-corrected chi connectivity index (χ2v) is 3.78. The lowest BCUT2D eigenvalue weighted by Gasteiger charge is -2.21. The van der Waals surface area contributed by atoms with E-state index in [1.165, 1.54) is 18.2 Å². The molecular weight excluding hydrogens is 211 g/mol. The number of halogens is 1. The highest BCUT2D eigenvalue weighted by Crippen LogP contribution is 2.26. The van der Waals surface area contributed by atoms with Gasteiger partial charge < -0.3 is 5.73 Å². The number of nitrogen functional groups attached to an aromatic ring is 1. The normalized spacial score (nSPS) is 20.7. The van der Waals surface area contributed by atoms with E-state index in [0.717, 1.165) is 0 Å². The highest BCUT2D eigenvalue weighted by atomic mass is 19.1. The van der Waals surface area contributed by atoms with Crippen molar-refractivity contribution in [3.63, 3.8) is 0 Å². The van der Waals surface area contributed by atoms with Gasteiger partial charge in [-0.3, -0.25) is 14.9 Å². The minimum absolute atomic E-state index is 0.0159. The molecule has 1 aromatic carbocycles. The maximum atomic E-state index is 12.9. The van der Waals surface area contributed by atoms with Crippen LogP contribution in [0.3, 0.4) is 0 Å². The Balaban J connectivity index is 2.27. The van der Waals surface area contributed by atoms with E-state index in [9.17, 15) is 14.0 Å². The maximum absolute atomic E-state index is 12.9. The van der Waals surface area contributed by atoms with Crippen molar-refractivity contribution in [2.45, 2.75) is 18.8 Å². The van der Waals surface area contributed by atoms with Gasteiger partial charge in [0.25, 0.3) is 0 Å². The van der Waals surface area contributed by atoms with Gasteiger partial charge in [0.2, 0.25) is 11.8 Å². The van der Waals surface area contributed by atoms with Crippen molar-refractivity contribution in [1.82, 2.24) is 5.32 Å². The highest BCUT2D eigenvalue weighted by molar-refractivity contribution is 6.00. The van der Waals surface area contributed by atoms with Gasteiger partial charge in [0.05, 0.1) is 11.6 Å². The lowest BCUT2D eigenvalue weighted by Crippen LogP contribution is -2.39. The Bertz CT molecular complexity index is 459. The van der Waals surface area contributed by atoms with E-state index in [4.69, 9.17) is 5.73 Å². The van der Waals surface area contributed by atoms with Gasteiger partial charge in [0.15, 0.2) is 0 Å². The average Bonchev–Trinajstić information content (AvgIpc) is 2.22. The summed E-state index contributed by atoms with van der Waals surface area (Å²) in [4.78, 5) is 22.5. The molecular formula is C11H11FN2O2. The number of nitrogens with two attached hydrogens (primary N) is 1. The summed E-state index contributed by atoms with van der Waals surface area (Å²) >= 11 is 0. The summed E-state index contributed by atoms with van der Waals surface area (Å²) in [6.07, 6.45) is 0.740. The summed E-state index contributed by atoms with van der Waals surface area (Å²) in [5.41, 5.74) is 6.08. The number of piperidine rings is 1. The van der Waals surface area contributed by atoms with E-state index in [1.807, 2.05) is 0 Å². The summed E-state index contributed by atoms with van der Waals surface area (Å²) in [7, 11) is 0. The fraction of sp³-hybridized carbons (Fsp3) is 0.273. The van der Waals surface area contributed by atoms with Crippen LogP contribution in [0.1, 0.15) is 24.3 Å². The zero-order valence-electron chi connectivity index (χ0n) is 8.50. The Morgan fingerprint density at radius 1 is 1.38 bits per heavy atom. The molecule has 1 fully saturated rings. The van der Waals surface area contributed by atoms with Crippen molar-refractivity contribution in [3.8, 4) is 0 Å².